The molecule has 1 amide bonds. The van der Waals surface area contributed by atoms with Gasteiger partial charge in [0.2, 0.25) is 0 Å². The zero-order valence-electron chi connectivity index (χ0n) is 15.8. The Morgan fingerprint density at radius 2 is 1.46 bits per heavy atom. The van der Waals surface area contributed by atoms with Crippen LogP contribution in [0.2, 0.25) is 0 Å². The van der Waals surface area contributed by atoms with E-state index >= 15 is 0 Å². The molecule has 0 aliphatic rings. The monoisotopic (exact) mass is 366 g/mol. The van der Waals surface area contributed by atoms with Crippen molar-refractivity contribution in [3.8, 4) is 0 Å². The van der Waals surface area contributed by atoms with Crippen LogP contribution in [-0.2, 0) is 6.54 Å². The number of carbonyl (C=O) groups excluding carboxylic acids is 1. The first kappa shape index (κ1) is 17.9. The summed E-state index contributed by atoms with van der Waals surface area (Å²) in [5, 5.41) is 1.03. The predicted molar refractivity (Wildman–Crippen MR) is 113 cm³/mol. The minimum absolute atomic E-state index is 0.0639. The van der Waals surface area contributed by atoms with Crippen LogP contribution in [-0.4, -0.2) is 15.8 Å². The van der Waals surface area contributed by atoms with Crippen molar-refractivity contribution in [2.75, 3.05) is 0 Å². The topological polar surface area (TPSA) is 33.2 Å². The molecule has 28 heavy (non-hydrogen) atoms. The van der Waals surface area contributed by atoms with Gasteiger partial charge < -0.3 is 4.90 Å². The van der Waals surface area contributed by atoms with E-state index in [0.29, 0.717) is 12.2 Å². The molecule has 1 atom stereocenters. The summed E-state index contributed by atoms with van der Waals surface area (Å²) in [6, 6.07) is 31.8. The highest BCUT2D eigenvalue weighted by Crippen LogP contribution is 2.25. The summed E-state index contributed by atoms with van der Waals surface area (Å²) in [6.07, 6.45) is 0. The second-order valence-electron chi connectivity index (χ2n) is 6.89. The normalized spacial score (nSPS) is 11.9. The fourth-order valence-corrected chi connectivity index (χ4v) is 3.41. The van der Waals surface area contributed by atoms with Gasteiger partial charge in [0.1, 0.15) is 5.69 Å². The molecule has 3 aromatic carbocycles. The minimum Gasteiger partial charge on any atom is -0.326 e. The van der Waals surface area contributed by atoms with Crippen LogP contribution in [0.4, 0.5) is 0 Å². The maximum atomic E-state index is 13.5. The Kier molecular flexibility index (Phi) is 5.16. The largest absolute Gasteiger partial charge is 0.326 e. The number of hydrogen-bond donors (Lipinski definition) is 0. The van der Waals surface area contributed by atoms with Crippen molar-refractivity contribution >= 4 is 16.8 Å². The molecule has 0 radical (unpaired) electrons. The zero-order chi connectivity index (χ0) is 19.3. The summed E-state index contributed by atoms with van der Waals surface area (Å²) in [5.74, 6) is -0.0639. The van der Waals surface area contributed by atoms with Gasteiger partial charge in [0.25, 0.3) is 5.91 Å². The van der Waals surface area contributed by atoms with Crippen LogP contribution < -0.4 is 0 Å². The third kappa shape index (κ3) is 3.79. The fourth-order valence-electron chi connectivity index (χ4n) is 3.41. The van der Waals surface area contributed by atoms with Crippen molar-refractivity contribution in [1.82, 2.24) is 9.88 Å². The number of carbonyl (C=O) groups is 1. The number of amides is 1. The van der Waals surface area contributed by atoms with Crippen LogP contribution >= 0.6 is 0 Å². The Hall–Kier alpha value is -3.46. The van der Waals surface area contributed by atoms with E-state index in [0.717, 1.165) is 22.0 Å². The van der Waals surface area contributed by atoms with Crippen LogP contribution in [0.3, 0.4) is 0 Å². The van der Waals surface area contributed by atoms with Crippen LogP contribution in [0.5, 0.6) is 0 Å². The number of benzene rings is 3. The Bertz CT molecular complexity index is 1080. The number of hydrogen-bond acceptors (Lipinski definition) is 2. The van der Waals surface area contributed by atoms with E-state index in [4.69, 9.17) is 0 Å². The van der Waals surface area contributed by atoms with Crippen LogP contribution in [0.25, 0.3) is 10.9 Å². The number of aromatic nitrogens is 1. The van der Waals surface area contributed by atoms with E-state index in [1.165, 1.54) is 0 Å². The Morgan fingerprint density at radius 3 is 2.21 bits per heavy atom. The average molecular weight is 366 g/mol. The zero-order valence-corrected chi connectivity index (χ0v) is 15.8. The van der Waals surface area contributed by atoms with E-state index in [9.17, 15) is 4.79 Å². The standard InChI is InChI=1S/C25H22N2O/c1-19(21-12-6-3-7-13-21)27(18-20-10-4-2-5-11-20)25(28)24-17-16-22-14-8-9-15-23(22)26-24/h2-17,19H,18H2,1H3/t19-/m0/s1. The Labute approximate surface area is 165 Å². The summed E-state index contributed by atoms with van der Waals surface area (Å²) in [5.41, 5.74) is 3.50. The summed E-state index contributed by atoms with van der Waals surface area (Å²) < 4.78 is 0. The van der Waals surface area contributed by atoms with Crippen molar-refractivity contribution in [3.63, 3.8) is 0 Å². The summed E-state index contributed by atoms with van der Waals surface area (Å²) in [4.78, 5) is 20.0. The molecular weight excluding hydrogens is 344 g/mol. The van der Waals surface area contributed by atoms with Crippen molar-refractivity contribution in [2.45, 2.75) is 19.5 Å². The first-order chi connectivity index (χ1) is 13.7. The molecule has 3 heteroatoms. The molecule has 0 fully saturated rings. The molecule has 3 nitrogen and oxygen atoms in total. The molecule has 0 spiro atoms. The van der Waals surface area contributed by atoms with Crippen molar-refractivity contribution in [1.29, 1.82) is 0 Å². The molecule has 0 bridgehead atoms. The van der Waals surface area contributed by atoms with Gasteiger partial charge in [-0.15, -0.1) is 0 Å². The molecular formula is C25H22N2O. The molecule has 4 rings (SSSR count). The lowest BCUT2D eigenvalue weighted by molar-refractivity contribution is 0.0668. The van der Waals surface area contributed by atoms with Gasteiger partial charge in [-0.05, 0) is 30.2 Å². The van der Waals surface area contributed by atoms with Gasteiger partial charge >= 0.3 is 0 Å². The number of nitrogens with zero attached hydrogens (tertiary/aromatic N) is 2. The molecule has 138 valence electrons. The molecule has 1 heterocycles. The lowest BCUT2D eigenvalue weighted by Crippen LogP contribution is -2.33. The highest BCUT2D eigenvalue weighted by Gasteiger charge is 2.24. The molecule has 4 aromatic rings. The molecule has 0 saturated heterocycles. The quantitative estimate of drug-likeness (QED) is 0.458. The second-order valence-corrected chi connectivity index (χ2v) is 6.89. The van der Waals surface area contributed by atoms with E-state index in [2.05, 4.69) is 24.0 Å². The van der Waals surface area contributed by atoms with Gasteiger partial charge in [-0.25, -0.2) is 4.98 Å². The van der Waals surface area contributed by atoms with Crippen molar-refractivity contribution in [2.24, 2.45) is 0 Å². The van der Waals surface area contributed by atoms with Crippen molar-refractivity contribution in [3.05, 3.63) is 114 Å². The summed E-state index contributed by atoms with van der Waals surface area (Å²) in [6.45, 7) is 2.60. The van der Waals surface area contributed by atoms with Crippen LogP contribution in [0.15, 0.2) is 97.1 Å². The summed E-state index contributed by atoms with van der Waals surface area (Å²) in [7, 11) is 0. The number of pyridine rings is 1. The van der Waals surface area contributed by atoms with Gasteiger partial charge in [-0.2, -0.15) is 0 Å². The smallest absolute Gasteiger partial charge is 0.273 e. The SMILES string of the molecule is C[C@@H](c1ccccc1)N(Cc1ccccc1)C(=O)c1ccc2ccccc2n1. The van der Waals surface area contributed by atoms with Gasteiger partial charge in [0.05, 0.1) is 11.6 Å². The van der Waals surface area contributed by atoms with Crippen LogP contribution in [0, 0.1) is 0 Å². The molecule has 0 unspecified atom stereocenters. The first-order valence-electron chi connectivity index (χ1n) is 9.48. The number of rotatable bonds is 5. The maximum Gasteiger partial charge on any atom is 0.273 e. The highest BCUT2D eigenvalue weighted by atomic mass is 16.2. The van der Waals surface area contributed by atoms with E-state index < -0.39 is 0 Å². The van der Waals surface area contributed by atoms with E-state index in [-0.39, 0.29) is 11.9 Å². The molecule has 1 aromatic heterocycles. The second kappa shape index (κ2) is 8.05. The third-order valence-electron chi connectivity index (χ3n) is 5.02. The lowest BCUT2D eigenvalue weighted by Gasteiger charge is -2.29. The lowest BCUT2D eigenvalue weighted by atomic mass is 10.0. The van der Waals surface area contributed by atoms with Gasteiger partial charge in [0.15, 0.2) is 0 Å². The van der Waals surface area contributed by atoms with E-state index in [1.807, 2.05) is 89.8 Å². The minimum atomic E-state index is -0.0674. The number of fused-ring (bicyclic) bond motifs is 1. The fraction of sp³-hybridized carbons (Fsp3) is 0.120. The van der Waals surface area contributed by atoms with Gasteiger partial charge in [0, 0.05) is 11.9 Å². The molecule has 0 N–H and O–H groups in total. The third-order valence-corrected chi connectivity index (χ3v) is 5.02. The van der Waals surface area contributed by atoms with Crippen LogP contribution in [0.1, 0.15) is 34.6 Å². The van der Waals surface area contributed by atoms with Gasteiger partial charge in [-0.1, -0.05) is 84.9 Å². The maximum absolute atomic E-state index is 13.5. The van der Waals surface area contributed by atoms with E-state index in [1.54, 1.807) is 0 Å². The average Bonchev–Trinajstić information content (AvgIpc) is 2.77. The molecule has 0 aliphatic heterocycles. The molecule has 0 aliphatic carbocycles. The van der Waals surface area contributed by atoms with Gasteiger partial charge in [-0.3, -0.25) is 4.79 Å². The number of para-hydroxylation sites is 1. The Morgan fingerprint density at radius 1 is 0.821 bits per heavy atom. The summed E-state index contributed by atoms with van der Waals surface area (Å²) >= 11 is 0. The predicted octanol–water partition coefficient (Wildman–Crippen LogP) is 5.64. The highest BCUT2D eigenvalue weighted by molar-refractivity contribution is 5.95. The molecule has 0 saturated carbocycles. The first-order valence-corrected chi connectivity index (χ1v) is 9.48. The Balaban J connectivity index is 1.71. The van der Waals surface area contributed by atoms with Crippen molar-refractivity contribution < 1.29 is 4.79 Å².